The van der Waals surface area contributed by atoms with Crippen molar-refractivity contribution in [2.75, 3.05) is 31.1 Å². The van der Waals surface area contributed by atoms with E-state index in [0.717, 1.165) is 41.6 Å². The number of anilines is 1. The molecule has 3 rings (SSSR count). The fraction of sp³-hybridized carbons (Fsp3) is 0.444. The van der Waals surface area contributed by atoms with Gasteiger partial charge in [-0.25, -0.2) is 0 Å². The molecule has 0 unspecified atom stereocenters. The number of amides is 1. The minimum absolute atomic E-state index is 0.237. The minimum Gasteiger partial charge on any atom is -0.367 e. The van der Waals surface area contributed by atoms with Crippen LogP contribution in [-0.4, -0.2) is 42.0 Å². The van der Waals surface area contributed by atoms with Crippen LogP contribution in [-0.2, 0) is 4.79 Å². The number of hydrogen-bond donors (Lipinski definition) is 0. The van der Waals surface area contributed by atoms with Crippen molar-refractivity contribution in [2.24, 2.45) is 5.41 Å². The lowest BCUT2D eigenvalue weighted by Gasteiger charge is -2.39. The lowest BCUT2D eigenvalue weighted by Crippen LogP contribution is -2.51. The first-order valence-corrected chi connectivity index (χ1v) is 8.74. The van der Waals surface area contributed by atoms with Crippen molar-refractivity contribution in [1.82, 2.24) is 9.88 Å². The number of piperazine rings is 1. The van der Waals surface area contributed by atoms with Gasteiger partial charge in [-0.15, -0.1) is 0 Å². The zero-order valence-electron chi connectivity index (χ0n) is 13.8. The van der Waals surface area contributed by atoms with Gasteiger partial charge >= 0.3 is 0 Å². The Morgan fingerprint density at radius 1 is 1.13 bits per heavy atom. The van der Waals surface area contributed by atoms with Crippen molar-refractivity contribution in [3.63, 3.8) is 0 Å². The second-order valence-electron chi connectivity index (χ2n) is 7.02. The van der Waals surface area contributed by atoms with E-state index in [2.05, 4.69) is 37.9 Å². The summed E-state index contributed by atoms with van der Waals surface area (Å²) in [6.07, 6.45) is 1.86. The van der Waals surface area contributed by atoms with Gasteiger partial charge in [0.05, 0.1) is 5.52 Å². The lowest BCUT2D eigenvalue weighted by molar-refractivity contribution is -0.139. The van der Waals surface area contributed by atoms with Gasteiger partial charge in [0.1, 0.15) is 0 Å². The summed E-state index contributed by atoms with van der Waals surface area (Å²) in [5, 5.41) is 1.16. The minimum atomic E-state index is -0.308. The maximum absolute atomic E-state index is 12.4. The molecule has 0 atom stereocenters. The van der Waals surface area contributed by atoms with Gasteiger partial charge in [-0.3, -0.25) is 9.78 Å². The standard InChI is InChI=1S/C18H22BrN3O/c1-18(2,3)17(23)22-10-8-21(9-11-22)16-6-7-20-15-12-13(19)4-5-14(15)16/h4-7,12H,8-11H2,1-3H3. The molecule has 5 heteroatoms. The van der Waals surface area contributed by atoms with E-state index < -0.39 is 0 Å². The van der Waals surface area contributed by atoms with Crippen LogP contribution in [0.2, 0.25) is 0 Å². The molecule has 1 aromatic carbocycles. The van der Waals surface area contributed by atoms with Gasteiger partial charge < -0.3 is 9.80 Å². The zero-order chi connectivity index (χ0) is 16.6. The van der Waals surface area contributed by atoms with Crippen molar-refractivity contribution in [1.29, 1.82) is 0 Å². The number of pyridine rings is 1. The molecule has 0 aliphatic carbocycles. The molecule has 1 aliphatic heterocycles. The Bertz CT molecular complexity index is 731. The molecule has 122 valence electrons. The Morgan fingerprint density at radius 2 is 1.83 bits per heavy atom. The molecule has 4 nitrogen and oxygen atoms in total. The number of rotatable bonds is 1. The predicted octanol–water partition coefficient (Wildman–Crippen LogP) is 3.69. The van der Waals surface area contributed by atoms with Crippen LogP contribution >= 0.6 is 15.9 Å². The van der Waals surface area contributed by atoms with Gasteiger partial charge in [0.15, 0.2) is 0 Å². The Labute approximate surface area is 145 Å². The molecule has 23 heavy (non-hydrogen) atoms. The van der Waals surface area contributed by atoms with Gasteiger partial charge in [-0.05, 0) is 24.3 Å². The molecule has 0 N–H and O–H groups in total. The summed E-state index contributed by atoms with van der Waals surface area (Å²) in [5.41, 5.74) is 1.88. The smallest absolute Gasteiger partial charge is 0.228 e. The van der Waals surface area contributed by atoms with Crippen LogP contribution in [0.4, 0.5) is 5.69 Å². The highest BCUT2D eigenvalue weighted by molar-refractivity contribution is 9.10. The van der Waals surface area contributed by atoms with E-state index >= 15 is 0 Å². The molecule has 0 bridgehead atoms. The number of aromatic nitrogens is 1. The third kappa shape index (κ3) is 3.34. The fourth-order valence-corrected chi connectivity index (χ4v) is 3.36. The first-order valence-electron chi connectivity index (χ1n) is 7.95. The van der Waals surface area contributed by atoms with Crippen LogP contribution in [0.3, 0.4) is 0 Å². The largest absolute Gasteiger partial charge is 0.367 e. The Morgan fingerprint density at radius 3 is 2.48 bits per heavy atom. The molecule has 1 saturated heterocycles. The first kappa shape index (κ1) is 16.2. The normalized spacial score (nSPS) is 16.0. The van der Waals surface area contributed by atoms with E-state index in [9.17, 15) is 4.79 Å². The summed E-state index contributed by atoms with van der Waals surface area (Å²) >= 11 is 3.50. The summed E-state index contributed by atoms with van der Waals surface area (Å²) in [5.74, 6) is 0.237. The summed E-state index contributed by atoms with van der Waals surface area (Å²) in [7, 11) is 0. The van der Waals surface area contributed by atoms with E-state index in [-0.39, 0.29) is 11.3 Å². The summed E-state index contributed by atoms with van der Waals surface area (Å²) < 4.78 is 1.04. The average Bonchev–Trinajstić information content (AvgIpc) is 2.52. The predicted molar refractivity (Wildman–Crippen MR) is 97.7 cm³/mol. The Hall–Kier alpha value is -1.62. The van der Waals surface area contributed by atoms with E-state index in [4.69, 9.17) is 0 Å². The third-order valence-corrected chi connectivity index (χ3v) is 4.72. The highest BCUT2D eigenvalue weighted by atomic mass is 79.9. The van der Waals surface area contributed by atoms with Gasteiger partial charge in [-0.1, -0.05) is 36.7 Å². The first-order chi connectivity index (χ1) is 10.9. The van der Waals surface area contributed by atoms with Gasteiger partial charge in [0.25, 0.3) is 0 Å². The number of nitrogens with zero attached hydrogens (tertiary/aromatic N) is 3. The van der Waals surface area contributed by atoms with Crippen LogP contribution in [0.25, 0.3) is 10.9 Å². The van der Waals surface area contributed by atoms with Crippen molar-refractivity contribution < 1.29 is 4.79 Å². The van der Waals surface area contributed by atoms with Crippen molar-refractivity contribution in [3.05, 3.63) is 34.9 Å². The fourth-order valence-electron chi connectivity index (χ4n) is 3.01. The molecule has 1 fully saturated rings. The Kier molecular flexibility index (Phi) is 4.32. The zero-order valence-corrected chi connectivity index (χ0v) is 15.4. The molecule has 0 radical (unpaired) electrons. The maximum Gasteiger partial charge on any atom is 0.228 e. The molecule has 0 spiro atoms. The maximum atomic E-state index is 12.4. The molecular formula is C18H22BrN3O. The van der Waals surface area contributed by atoms with Crippen LogP contribution in [0, 0.1) is 5.41 Å². The number of halogens is 1. The van der Waals surface area contributed by atoms with E-state index in [1.54, 1.807) is 0 Å². The number of hydrogen-bond acceptors (Lipinski definition) is 3. The van der Waals surface area contributed by atoms with E-state index in [1.807, 2.05) is 44.0 Å². The summed E-state index contributed by atoms with van der Waals surface area (Å²) in [6, 6.07) is 8.26. The number of carbonyl (C=O) groups is 1. The Balaban J connectivity index is 1.80. The van der Waals surface area contributed by atoms with Gasteiger partial charge in [0, 0.05) is 53.3 Å². The third-order valence-electron chi connectivity index (χ3n) is 4.23. The monoisotopic (exact) mass is 375 g/mol. The van der Waals surface area contributed by atoms with Crippen molar-refractivity contribution in [2.45, 2.75) is 20.8 Å². The summed E-state index contributed by atoms with van der Waals surface area (Å²) in [4.78, 5) is 21.2. The lowest BCUT2D eigenvalue weighted by atomic mass is 9.94. The van der Waals surface area contributed by atoms with Crippen LogP contribution < -0.4 is 4.90 Å². The van der Waals surface area contributed by atoms with E-state index in [1.165, 1.54) is 5.69 Å². The van der Waals surface area contributed by atoms with Crippen LogP contribution in [0.5, 0.6) is 0 Å². The number of fused-ring (bicyclic) bond motifs is 1. The van der Waals surface area contributed by atoms with Crippen molar-refractivity contribution >= 4 is 38.4 Å². The van der Waals surface area contributed by atoms with Crippen LogP contribution in [0.15, 0.2) is 34.9 Å². The number of carbonyl (C=O) groups excluding carboxylic acids is 1. The molecule has 1 aliphatic rings. The second kappa shape index (κ2) is 6.11. The molecule has 2 heterocycles. The molecule has 1 aromatic heterocycles. The average molecular weight is 376 g/mol. The highest BCUT2D eigenvalue weighted by Crippen LogP contribution is 2.29. The molecule has 1 amide bonds. The number of benzene rings is 1. The summed E-state index contributed by atoms with van der Waals surface area (Å²) in [6.45, 7) is 9.21. The van der Waals surface area contributed by atoms with Crippen LogP contribution in [0.1, 0.15) is 20.8 Å². The quantitative estimate of drug-likeness (QED) is 0.762. The van der Waals surface area contributed by atoms with E-state index in [0.29, 0.717) is 0 Å². The highest BCUT2D eigenvalue weighted by Gasteiger charge is 2.30. The molecule has 2 aromatic rings. The van der Waals surface area contributed by atoms with Gasteiger partial charge in [0.2, 0.25) is 5.91 Å². The topological polar surface area (TPSA) is 36.4 Å². The molecule has 0 saturated carbocycles. The van der Waals surface area contributed by atoms with Gasteiger partial charge in [-0.2, -0.15) is 0 Å². The van der Waals surface area contributed by atoms with Crippen molar-refractivity contribution in [3.8, 4) is 0 Å². The second-order valence-corrected chi connectivity index (χ2v) is 7.94. The molecular weight excluding hydrogens is 354 g/mol. The SMILES string of the molecule is CC(C)(C)C(=O)N1CCN(c2ccnc3cc(Br)ccc23)CC1.